The molecule has 0 aliphatic rings. The molecule has 0 atom stereocenters. The van der Waals surface area contributed by atoms with Crippen LogP contribution in [0.2, 0.25) is 0 Å². The van der Waals surface area contributed by atoms with Gasteiger partial charge in [0.25, 0.3) is 10.0 Å². The largest absolute Gasteiger partial charge is 0.506 e. The zero-order chi connectivity index (χ0) is 15.5. The molecule has 0 bridgehead atoms. The van der Waals surface area contributed by atoms with Crippen LogP contribution in [-0.2, 0) is 10.0 Å². The summed E-state index contributed by atoms with van der Waals surface area (Å²) in [6, 6.07) is 11.0. The number of nitrogens with one attached hydrogen (secondary N) is 1. The lowest BCUT2D eigenvalue weighted by Gasteiger charge is -2.12. The van der Waals surface area contributed by atoms with Crippen LogP contribution in [0.4, 0.5) is 11.4 Å². The topological polar surface area (TPSA) is 92.4 Å². The summed E-state index contributed by atoms with van der Waals surface area (Å²) in [5.74, 6) is 0.695. The van der Waals surface area contributed by atoms with Gasteiger partial charge in [0.05, 0.1) is 16.3 Å². The Bertz CT molecular complexity index is 746. The van der Waals surface area contributed by atoms with E-state index in [4.69, 9.17) is 5.73 Å². The van der Waals surface area contributed by atoms with E-state index in [9.17, 15) is 13.5 Å². The van der Waals surface area contributed by atoms with Crippen molar-refractivity contribution in [3.63, 3.8) is 0 Å². The van der Waals surface area contributed by atoms with Gasteiger partial charge in [-0.15, -0.1) is 11.8 Å². The van der Waals surface area contributed by atoms with Gasteiger partial charge in [-0.2, -0.15) is 0 Å². The second-order valence-corrected chi connectivity index (χ2v) is 7.24. The Morgan fingerprint density at radius 2 is 1.95 bits per heavy atom. The number of nitrogen functional groups attached to an aromatic ring is 1. The van der Waals surface area contributed by atoms with Crippen LogP contribution in [0.5, 0.6) is 5.75 Å². The molecule has 21 heavy (non-hydrogen) atoms. The fourth-order valence-corrected chi connectivity index (χ4v) is 3.68. The van der Waals surface area contributed by atoms with Crippen molar-refractivity contribution >= 4 is 33.2 Å². The molecular weight excluding hydrogens is 308 g/mol. The first-order chi connectivity index (χ1) is 9.94. The number of para-hydroxylation sites is 1. The van der Waals surface area contributed by atoms with Crippen molar-refractivity contribution in [3.05, 3.63) is 42.5 Å². The average Bonchev–Trinajstić information content (AvgIpc) is 2.44. The van der Waals surface area contributed by atoms with Crippen LogP contribution in [0.3, 0.4) is 0 Å². The molecule has 0 aromatic heterocycles. The lowest BCUT2D eigenvalue weighted by atomic mass is 10.3. The van der Waals surface area contributed by atoms with E-state index in [2.05, 4.69) is 4.72 Å². The Hall–Kier alpha value is -1.86. The van der Waals surface area contributed by atoms with Crippen LogP contribution < -0.4 is 10.5 Å². The maximum Gasteiger partial charge on any atom is 0.262 e. The van der Waals surface area contributed by atoms with Crippen LogP contribution in [-0.4, -0.2) is 19.3 Å². The number of hydrogen-bond acceptors (Lipinski definition) is 5. The highest BCUT2D eigenvalue weighted by atomic mass is 32.2. The van der Waals surface area contributed by atoms with Gasteiger partial charge in [0.15, 0.2) is 0 Å². The third kappa shape index (κ3) is 3.62. The number of thioether (sulfide) groups is 1. The normalized spacial score (nSPS) is 11.3. The van der Waals surface area contributed by atoms with E-state index >= 15 is 0 Å². The number of phenolic OH excluding ortho intramolecular Hbond substituents is 1. The molecule has 0 radical (unpaired) electrons. The summed E-state index contributed by atoms with van der Waals surface area (Å²) < 4.78 is 27.3. The van der Waals surface area contributed by atoms with Gasteiger partial charge in [0.2, 0.25) is 0 Å². The van der Waals surface area contributed by atoms with Crippen molar-refractivity contribution in [1.29, 1.82) is 0 Å². The molecule has 2 aromatic rings. The van der Waals surface area contributed by atoms with Crippen molar-refractivity contribution in [3.8, 4) is 5.75 Å². The highest BCUT2D eigenvalue weighted by Gasteiger charge is 2.17. The van der Waals surface area contributed by atoms with Crippen molar-refractivity contribution in [2.24, 2.45) is 0 Å². The van der Waals surface area contributed by atoms with Crippen molar-refractivity contribution < 1.29 is 13.5 Å². The molecule has 2 aromatic carbocycles. The fourth-order valence-electron chi connectivity index (χ4n) is 1.74. The summed E-state index contributed by atoms with van der Waals surface area (Å²) in [4.78, 5) is 0.865. The Balaban J connectivity index is 2.35. The van der Waals surface area contributed by atoms with Crippen LogP contribution in [0, 0.1) is 0 Å². The number of rotatable bonds is 5. The molecular formula is C14H16N2O3S2. The maximum atomic E-state index is 12.4. The molecule has 112 valence electrons. The van der Waals surface area contributed by atoms with Gasteiger partial charge < -0.3 is 10.8 Å². The quantitative estimate of drug-likeness (QED) is 0.447. The van der Waals surface area contributed by atoms with Crippen molar-refractivity contribution in [2.45, 2.75) is 16.7 Å². The number of sulfonamides is 1. The average molecular weight is 324 g/mol. The van der Waals surface area contributed by atoms with Gasteiger partial charge in [0.1, 0.15) is 5.75 Å². The minimum absolute atomic E-state index is 0.00843. The van der Waals surface area contributed by atoms with E-state index in [-0.39, 0.29) is 16.3 Å². The molecule has 2 rings (SSSR count). The van der Waals surface area contributed by atoms with Gasteiger partial charge in [0, 0.05) is 4.90 Å². The van der Waals surface area contributed by atoms with E-state index in [1.165, 1.54) is 18.2 Å². The Morgan fingerprint density at radius 1 is 1.24 bits per heavy atom. The van der Waals surface area contributed by atoms with Gasteiger partial charge in [-0.1, -0.05) is 19.1 Å². The molecule has 0 saturated carbocycles. The van der Waals surface area contributed by atoms with Crippen LogP contribution in [0.25, 0.3) is 0 Å². The number of anilines is 2. The number of benzene rings is 2. The highest BCUT2D eigenvalue weighted by Crippen LogP contribution is 2.30. The van der Waals surface area contributed by atoms with Gasteiger partial charge >= 0.3 is 0 Å². The highest BCUT2D eigenvalue weighted by molar-refractivity contribution is 7.99. The molecule has 0 spiro atoms. The summed E-state index contributed by atoms with van der Waals surface area (Å²) in [5, 5.41) is 9.37. The van der Waals surface area contributed by atoms with Crippen molar-refractivity contribution in [1.82, 2.24) is 0 Å². The Kier molecular flexibility index (Phi) is 4.64. The minimum atomic E-state index is -3.75. The summed E-state index contributed by atoms with van der Waals surface area (Å²) in [7, 11) is -3.75. The van der Waals surface area contributed by atoms with Crippen LogP contribution >= 0.6 is 11.8 Å². The van der Waals surface area contributed by atoms with E-state index in [1.807, 2.05) is 19.1 Å². The molecule has 0 amide bonds. The number of phenols is 1. The monoisotopic (exact) mass is 324 g/mol. The number of aromatic hydroxyl groups is 1. The Labute approximate surface area is 128 Å². The Morgan fingerprint density at radius 3 is 2.62 bits per heavy atom. The molecule has 0 aliphatic carbocycles. The maximum absolute atomic E-state index is 12.4. The summed E-state index contributed by atoms with van der Waals surface area (Å²) in [6.45, 7) is 2.00. The third-order valence-corrected chi connectivity index (χ3v) is 5.06. The summed E-state index contributed by atoms with van der Waals surface area (Å²) in [5.41, 5.74) is 6.09. The first kappa shape index (κ1) is 15.5. The first-order valence-electron chi connectivity index (χ1n) is 6.27. The van der Waals surface area contributed by atoms with E-state index in [1.54, 1.807) is 23.9 Å². The van der Waals surface area contributed by atoms with Crippen LogP contribution in [0.1, 0.15) is 6.92 Å². The molecule has 0 fully saturated rings. The van der Waals surface area contributed by atoms with E-state index in [0.29, 0.717) is 5.69 Å². The molecule has 0 aliphatic heterocycles. The van der Waals surface area contributed by atoms with Gasteiger partial charge in [-0.3, -0.25) is 4.72 Å². The summed E-state index contributed by atoms with van der Waals surface area (Å²) in [6.07, 6.45) is 0. The SMILES string of the molecule is CCSc1ccccc1NS(=O)(=O)c1ccc(O)c(N)c1. The molecule has 0 unspecified atom stereocenters. The van der Waals surface area contributed by atoms with Gasteiger partial charge in [-0.25, -0.2) is 8.42 Å². The zero-order valence-electron chi connectivity index (χ0n) is 11.4. The number of nitrogens with two attached hydrogens (primary N) is 1. The second kappa shape index (κ2) is 6.28. The fraction of sp³-hybridized carbons (Fsp3) is 0.143. The van der Waals surface area contributed by atoms with E-state index < -0.39 is 10.0 Å². The molecule has 7 heteroatoms. The molecule has 0 saturated heterocycles. The smallest absolute Gasteiger partial charge is 0.262 e. The number of hydrogen-bond donors (Lipinski definition) is 3. The molecule has 0 heterocycles. The van der Waals surface area contributed by atoms with E-state index in [0.717, 1.165) is 10.6 Å². The third-order valence-electron chi connectivity index (χ3n) is 2.74. The predicted molar refractivity (Wildman–Crippen MR) is 86.2 cm³/mol. The predicted octanol–water partition coefficient (Wildman–Crippen LogP) is 2.89. The zero-order valence-corrected chi connectivity index (χ0v) is 13.0. The standard InChI is InChI=1S/C14H16N2O3S2/c1-2-20-14-6-4-3-5-12(14)16-21(18,19)10-7-8-13(17)11(15)9-10/h3-9,16-17H,2,15H2,1H3. The van der Waals surface area contributed by atoms with Gasteiger partial charge in [-0.05, 0) is 36.1 Å². The molecule has 5 nitrogen and oxygen atoms in total. The second-order valence-electron chi connectivity index (χ2n) is 4.26. The minimum Gasteiger partial charge on any atom is -0.506 e. The summed E-state index contributed by atoms with van der Waals surface area (Å²) >= 11 is 1.55. The lowest BCUT2D eigenvalue weighted by molar-refractivity contribution is 0.477. The lowest BCUT2D eigenvalue weighted by Crippen LogP contribution is -2.13. The molecule has 4 N–H and O–H groups in total. The van der Waals surface area contributed by atoms with Crippen molar-refractivity contribution in [2.75, 3.05) is 16.2 Å². The van der Waals surface area contributed by atoms with Crippen LogP contribution in [0.15, 0.2) is 52.3 Å². The first-order valence-corrected chi connectivity index (χ1v) is 8.74.